The summed E-state index contributed by atoms with van der Waals surface area (Å²) in [6.45, 7) is 4.83. The molecule has 1 amide bonds. The number of aromatic amines is 1. The van der Waals surface area contributed by atoms with Gasteiger partial charge in [-0.05, 0) is 49.9 Å². The number of halogens is 1. The Morgan fingerprint density at radius 3 is 2.83 bits per heavy atom. The van der Waals surface area contributed by atoms with Gasteiger partial charge in [-0.2, -0.15) is 0 Å². The molecule has 5 nitrogen and oxygen atoms in total. The molecule has 2 aliphatic rings. The van der Waals surface area contributed by atoms with E-state index in [1.807, 2.05) is 6.07 Å². The van der Waals surface area contributed by atoms with E-state index in [-0.39, 0.29) is 25.0 Å². The highest BCUT2D eigenvalue weighted by atomic mass is 19.1. The number of H-pyrrole nitrogens is 1. The first kappa shape index (κ1) is 15.6. The molecule has 128 valence electrons. The molecular formula is C18H22FN3O2. The quantitative estimate of drug-likeness (QED) is 0.937. The van der Waals surface area contributed by atoms with Gasteiger partial charge in [0.05, 0.1) is 17.6 Å². The largest absolute Gasteiger partial charge is 0.365 e. The normalized spacial score (nSPS) is 24.0. The molecule has 1 saturated heterocycles. The van der Waals surface area contributed by atoms with Gasteiger partial charge in [-0.25, -0.2) is 9.37 Å². The number of carbonyl (C=O) groups excluding carboxylic acids is 1. The van der Waals surface area contributed by atoms with Gasteiger partial charge < -0.3 is 14.6 Å². The average Bonchev–Trinajstić information content (AvgIpc) is 3.23. The molecule has 6 heteroatoms. The van der Waals surface area contributed by atoms with Crippen molar-refractivity contribution in [1.29, 1.82) is 0 Å². The van der Waals surface area contributed by atoms with Crippen LogP contribution >= 0.6 is 0 Å². The minimum absolute atomic E-state index is 0.0819. The standard InChI is InChI=1S/C18H22FN3O2/c1-10-5-14-15(6-11(10)2)21-17(20-14)9-24-16-8-22(7-13(16)19)18(23)12-3-4-12/h5-6,12-13,16H,3-4,7-9H2,1-2H3,(H,20,21)/t13-,16+/m1/s1. The van der Waals surface area contributed by atoms with Crippen LogP contribution in [0.25, 0.3) is 11.0 Å². The Morgan fingerprint density at radius 2 is 2.08 bits per heavy atom. The number of alkyl halides is 1. The summed E-state index contributed by atoms with van der Waals surface area (Å²) in [4.78, 5) is 21.4. The average molecular weight is 331 g/mol. The van der Waals surface area contributed by atoms with Crippen LogP contribution in [0.2, 0.25) is 0 Å². The Hall–Kier alpha value is -1.95. The van der Waals surface area contributed by atoms with Gasteiger partial charge in [0, 0.05) is 12.5 Å². The van der Waals surface area contributed by atoms with Gasteiger partial charge in [0.15, 0.2) is 0 Å². The maximum Gasteiger partial charge on any atom is 0.225 e. The fourth-order valence-electron chi connectivity index (χ4n) is 3.24. The Bertz CT molecular complexity index is 745. The van der Waals surface area contributed by atoms with Crippen molar-refractivity contribution in [2.24, 2.45) is 5.92 Å². The van der Waals surface area contributed by atoms with Crippen LogP contribution in [0, 0.1) is 19.8 Å². The summed E-state index contributed by atoms with van der Waals surface area (Å²) >= 11 is 0. The molecule has 1 aliphatic carbocycles. The highest BCUT2D eigenvalue weighted by Gasteiger charge is 2.41. The number of imidazole rings is 1. The van der Waals surface area contributed by atoms with E-state index in [2.05, 4.69) is 29.9 Å². The fourth-order valence-corrected chi connectivity index (χ4v) is 3.24. The Morgan fingerprint density at radius 1 is 1.33 bits per heavy atom. The molecule has 1 aromatic carbocycles. The number of benzene rings is 1. The lowest BCUT2D eigenvalue weighted by Crippen LogP contribution is -2.31. The van der Waals surface area contributed by atoms with Crippen molar-refractivity contribution in [1.82, 2.24) is 14.9 Å². The zero-order valence-electron chi connectivity index (χ0n) is 14.0. The minimum Gasteiger partial charge on any atom is -0.365 e. The highest BCUT2D eigenvalue weighted by Crippen LogP contribution is 2.33. The van der Waals surface area contributed by atoms with Gasteiger partial charge in [-0.1, -0.05) is 0 Å². The van der Waals surface area contributed by atoms with E-state index in [1.54, 1.807) is 4.90 Å². The van der Waals surface area contributed by atoms with E-state index in [0.717, 1.165) is 23.9 Å². The lowest BCUT2D eigenvalue weighted by Gasteiger charge is -2.15. The Balaban J connectivity index is 1.40. The molecule has 2 aromatic rings. The molecule has 1 aromatic heterocycles. The predicted molar refractivity (Wildman–Crippen MR) is 88.3 cm³/mol. The third-order valence-electron chi connectivity index (χ3n) is 5.02. The van der Waals surface area contributed by atoms with E-state index in [9.17, 15) is 9.18 Å². The van der Waals surface area contributed by atoms with Gasteiger partial charge in [0.2, 0.25) is 5.91 Å². The number of likely N-dealkylation sites (tertiary alicyclic amines) is 1. The predicted octanol–water partition coefficient (Wildman–Crippen LogP) is 2.66. The second kappa shape index (κ2) is 5.84. The van der Waals surface area contributed by atoms with Crippen LogP contribution in [-0.4, -0.2) is 46.1 Å². The molecule has 1 saturated carbocycles. The summed E-state index contributed by atoms with van der Waals surface area (Å²) in [5, 5.41) is 0. The molecule has 2 atom stereocenters. The van der Waals surface area contributed by atoms with Crippen LogP contribution in [-0.2, 0) is 16.1 Å². The Kier molecular flexibility index (Phi) is 3.79. The first-order chi connectivity index (χ1) is 11.5. The van der Waals surface area contributed by atoms with Crippen LogP contribution in [0.1, 0.15) is 29.8 Å². The molecule has 2 heterocycles. The number of fused-ring (bicyclic) bond motifs is 1. The van der Waals surface area contributed by atoms with Crippen LogP contribution in [0.3, 0.4) is 0 Å². The van der Waals surface area contributed by atoms with Crippen LogP contribution in [0.15, 0.2) is 12.1 Å². The second-order valence-electron chi connectivity index (χ2n) is 7.02. The van der Waals surface area contributed by atoms with Crippen molar-refractivity contribution < 1.29 is 13.9 Å². The van der Waals surface area contributed by atoms with Crippen molar-refractivity contribution in [2.45, 2.75) is 45.6 Å². The molecule has 0 unspecified atom stereocenters. The number of hydrogen-bond acceptors (Lipinski definition) is 3. The van der Waals surface area contributed by atoms with Crippen molar-refractivity contribution in [3.05, 3.63) is 29.1 Å². The van der Waals surface area contributed by atoms with E-state index in [0.29, 0.717) is 12.4 Å². The summed E-state index contributed by atoms with van der Waals surface area (Å²) in [7, 11) is 0. The molecule has 0 bridgehead atoms. The first-order valence-corrected chi connectivity index (χ1v) is 8.51. The van der Waals surface area contributed by atoms with E-state index in [1.165, 1.54) is 11.1 Å². The van der Waals surface area contributed by atoms with Gasteiger partial charge >= 0.3 is 0 Å². The van der Waals surface area contributed by atoms with Crippen molar-refractivity contribution in [3.63, 3.8) is 0 Å². The first-order valence-electron chi connectivity index (χ1n) is 8.51. The van der Waals surface area contributed by atoms with Crippen molar-refractivity contribution in [2.75, 3.05) is 13.1 Å². The monoisotopic (exact) mass is 331 g/mol. The molecule has 1 N–H and O–H groups in total. The number of hydrogen-bond donors (Lipinski definition) is 1. The number of aromatic nitrogens is 2. The number of carbonyl (C=O) groups is 1. The molecule has 0 spiro atoms. The summed E-state index contributed by atoms with van der Waals surface area (Å²) < 4.78 is 19.9. The molecule has 24 heavy (non-hydrogen) atoms. The number of aryl methyl sites for hydroxylation is 2. The second-order valence-corrected chi connectivity index (χ2v) is 7.02. The van der Waals surface area contributed by atoms with Gasteiger partial charge in [-0.15, -0.1) is 0 Å². The fraction of sp³-hybridized carbons (Fsp3) is 0.556. The van der Waals surface area contributed by atoms with Crippen LogP contribution < -0.4 is 0 Å². The zero-order chi connectivity index (χ0) is 16.8. The summed E-state index contributed by atoms with van der Waals surface area (Å²) in [5.41, 5.74) is 4.25. The maximum atomic E-state index is 14.1. The SMILES string of the molecule is Cc1cc2nc(CO[C@H]3CN(C(=O)C4CC4)C[C@H]3F)[nH]c2cc1C. The molecule has 4 rings (SSSR count). The van der Waals surface area contributed by atoms with Gasteiger partial charge in [0.1, 0.15) is 24.7 Å². The summed E-state index contributed by atoms with van der Waals surface area (Å²) in [6.07, 6.45) is 0.191. The smallest absolute Gasteiger partial charge is 0.225 e. The summed E-state index contributed by atoms with van der Waals surface area (Å²) in [6, 6.07) is 4.10. The lowest BCUT2D eigenvalue weighted by molar-refractivity contribution is -0.132. The number of nitrogens with one attached hydrogen (secondary N) is 1. The Labute approximate surface area is 140 Å². The topological polar surface area (TPSA) is 58.2 Å². The van der Waals surface area contributed by atoms with Crippen LogP contribution in [0.4, 0.5) is 4.39 Å². The van der Waals surface area contributed by atoms with Crippen LogP contribution in [0.5, 0.6) is 0 Å². The highest BCUT2D eigenvalue weighted by molar-refractivity contribution is 5.81. The number of amides is 1. The van der Waals surface area contributed by atoms with Crippen molar-refractivity contribution >= 4 is 16.9 Å². The minimum atomic E-state index is -1.12. The molecule has 2 fully saturated rings. The third-order valence-corrected chi connectivity index (χ3v) is 5.02. The molecule has 0 radical (unpaired) electrons. The third kappa shape index (κ3) is 2.90. The number of rotatable bonds is 4. The van der Waals surface area contributed by atoms with Crippen molar-refractivity contribution in [3.8, 4) is 0 Å². The van der Waals surface area contributed by atoms with E-state index < -0.39 is 12.3 Å². The zero-order valence-corrected chi connectivity index (χ0v) is 14.0. The van der Waals surface area contributed by atoms with E-state index in [4.69, 9.17) is 4.74 Å². The number of ether oxygens (including phenoxy) is 1. The lowest BCUT2D eigenvalue weighted by atomic mass is 10.1. The summed E-state index contributed by atoms with van der Waals surface area (Å²) in [5.74, 6) is 0.894. The maximum absolute atomic E-state index is 14.1. The van der Waals surface area contributed by atoms with Gasteiger partial charge in [0.25, 0.3) is 0 Å². The molecular weight excluding hydrogens is 309 g/mol. The number of nitrogens with zero attached hydrogens (tertiary/aromatic N) is 2. The van der Waals surface area contributed by atoms with Gasteiger partial charge in [-0.3, -0.25) is 4.79 Å². The van der Waals surface area contributed by atoms with E-state index >= 15 is 0 Å². The molecule has 1 aliphatic heterocycles.